The maximum absolute atomic E-state index is 12.5. The van der Waals surface area contributed by atoms with Crippen LogP contribution in [0.1, 0.15) is 43.0 Å². The van der Waals surface area contributed by atoms with Crippen molar-refractivity contribution >= 4 is 46.7 Å². The highest BCUT2D eigenvalue weighted by atomic mass is 35.5. The summed E-state index contributed by atoms with van der Waals surface area (Å²) in [4.78, 5) is 50.5. The third-order valence-electron chi connectivity index (χ3n) is 5.35. The Balaban J connectivity index is 1.49. The summed E-state index contributed by atoms with van der Waals surface area (Å²) in [5, 5.41) is 2.94. The minimum absolute atomic E-state index is 0.0216. The van der Waals surface area contributed by atoms with Crippen molar-refractivity contribution in [2.45, 2.75) is 32.6 Å². The molecule has 0 aromatic heterocycles. The topological polar surface area (TPSA) is 102 Å². The van der Waals surface area contributed by atoms with E-state index in [0.29, 0.717) is 28.6 Å². The molecule has 0 bridgehead atoms. The molecule has 8 nitrogen and oxygen atoms in total. The Morgan fingerprint density at radius 2 is 1.79 bits per heavy atom. The molecule has 0 aliphatic carbocycles. The van der Waals surface area contributed by atoms with Gasteiger partial charge in [0.05, 0.1) is 28.8 Å². The van der Waals surface area contributed by atoms with Crippen LogP contribution in [0, 0.1) is 5.92 Å². The third-order valence-corrected chi connectivity index (χ3v) is 5.68. The Bertz CT molecular complexity index is 1040. The Hall–Kier alpha value is -3.39. The van der Waals surface area contributed by atoms with Gasteiger partial charge in [-0.25, -0.2) is 4.79 Å². The van der Waals surface area contributed by atoms with Crippen molar-refractivity contribution in [3.8, 4) is 0 Å². The number of carbonyl (C=O) groups is 4. The SMILES string of the molecule is CCCCCOC(=O)c1ccc(N2C[C@@H](C(=O)OCC(=O)Nc3ccccc3Cl)CC2=O)cc1. The quantitative estimate of drug-likeness (QED) is 0.398. The Morgan fingerprint density at radius 1 is 1.06 bits per heavy atom. The second-order valence-electron chi connectivity index (χ2n) is 7.93. The predicted octanol–water partition coefficient (Wildman–Crippen LogP) is 4.22. The maximum atomic E-state index is 12.5. The molecule has 1 N–H and O–H groups in total. The molecule has 0 spiro atoms. The number of esters is 2. The van der Waals surface area contributed by atoms with Crippen LogP contribution in [-0.2, 0) is 23.9 Å². The smallest absolute Gasteiger partial charge is 0.338 e. The summed E-state index contributed by atoms with van der Waals surface area (Å²) in [5.74, 6) is -2.50. The van der Waals surface area contributed by atoms with Gasteiger partial charge in [-0.1, -0.05) is 43.5 Å². The molecular weight excluding hydrogens is 460 g/mol. The number of hydrogen-bond acceptors (Lipinski definition) is 6. The number of ether oxygens (including phenoxy) is 2. The summed E-state index contributed by atoms with van der Waals surface area (Å²) in [7, 11) is 0. The molecule has 2 aromatic carbocycles. The van der Waals surface area contributed by atoms with Crippen LogP contribution < -0.4 is 10.2 Å². The minimum Gasteiger partial charge on any atom is -0.462 e. The number of nitrogens with zero attached hydrogens (tertiary/aromatic N) is 1. The van der Waals surface area contributed by atoms with Crippen LogP contribution in [0.4, 0.5) is 11.4 Å². The van der Waals surface area contributed by atoms with Gasteiger partial charge in [0.2, 0.25) is 5.91 Å². The monoisotopic (exact) mass is 486 g/mol. The van der Waals surface area contributed by atoms with Crippen molar-refractivity contribution in [2.75, 3.05) is 30.0 Å². The van der Waals surface area contributed by atoms with E-state index < -0.39 is 30.4 Å². The van der Waals surface area contributed by atoms with Gasteiger partial charge in [0, 0.05) is 18.7 Å². The molecule has 2 amide bonds. The molecule has 34 heavy (non-hydrogen) atoms. The molecule has 1 aliphatic rings. The first-order chi connectivity index (χ1) is 16.4. The lowest BCUT2D eigenvalue weighted by molar-refractivity contribution is -0.151. The number of rotatable bonds is 10. The summed E-state index contributed by atoms with van der Waals surface area (Å²) in [6, 6.07) is 13.2. The van der Waals surface area contributed by atoms with Gasteiger partial charge in [0.15, 0.2) is 6.61 Å². The van der Waals surface area contributed by atoms with Crippen molar-refractivity contribution in [1.82, 2.24) is 0 Å². The lowest BCUT2D eigenvalue weighted by Crippen LogP contribution is -2.28. The molecule has 0 radical (unpaired) electrons. The predicted molar refractivity (Wildman–Crippen MR) is 128 cm³/mol. The molecule has 1 atom stereocenters. The Morgan fingerprint density at radius 3 is 2.50 bits per heavy atom. The number of anilines is 2. The summed E-state index contributed by atoms with van der Waals surface area (Å²) in [5.41, 5.74) is 1.38. The Labute approximate surface area is 203 Å². The van der Waals surface area contributed by atoms with E-state index in [1.807, 2.05) is 0 Å². The first-order valence-corrected chi connectivity index (χ1v) is 11.6. The molecule has 1 fully saturated rings. The van der Waals surface area contributed by atoms with Gasteiger partial charge in [-0.2, -0.15) is 0 Å². The highest BCUT2D eigenvalue weighted by Gasteiger charge is 2.36. The minimum atomic E-state index is -0.691. The van der Waals surface area contributed by atoms with Crippen molar-refractivity contribution in [3.05, 3.63) is 59.1 Å². The standard InChI is InChI=1S/C25H27ClN2O6/c1-2-3-6-13-33-24(31)17-9-11-19(12-10-17)28-15-18(14-23(28)30)25(32)34-16-22(29)27-21-8-5-4-7-20(21)26/h4-5,7-12,18H,2-3,6,13-16H2,1H3,(H,27,29)/t18-/m0/s1. The fourth-order valence-electron chi connectivity index (χ4n) is 3.50. The van der Waals surface area contributed by atoms with Crippen molar-refractivity contribution in [1.29, 1.82) is 0 Å². The number of carbonyl (C=O) groups excluding carboxylic acids is 4. The second kappa shape index (κ2) is 12.2. The van der Waals surface area contributed by atoms with E-state index in [1.165, 1.54) is 4.90 Å². The van der Waals surface area contributed by atoms with Gasteiger partial charge in [0.25, 0.3) is 5.91 Å². The van der Waals surface area contributed by atoms with Crippen LogP contribution in [0.25, 0.3) is 0 Å². The molecule has 0 saturated carbocycles. The average molecular weight is 487 g/mol. The maximum Gasteiger partial charge on any atom is 0.338 e. The number of benzene rings is 2. The third kappa shape index (κ3) is 6.81. The summed E-state index contributed by atoms with van der Waals surface area (Å²) < 4.78 is 10.3. The van der Waals surface area contributed by atoms with Crippen molar-refractivity contribution in [3.63, 3.8) is 0 Å². The lowest BCUT2D eigenvalue weighted by Gasteiger charge is -2.17. The van der Waals surface area contributed by atoms with Gasteiger partial charge in [-0.3, -0.25) is 14.4 Å². The number of amides is 2. The van der Waals surface area contributed by atoms with Crippen LogP contribution in [0.2, 0.25) is 5.02 Å². The highest BCUT2D eigenvalue weighted by Crippen LogP contribution is 2.26. The van der Waals surface area contributed by atoms with E-state index in [4.69, 9.17) is 21.1 Å². The number of para-hydroxylation sites is 1. The fourth-order valence-corrected chi connectivity index (χ4v) is 3.68. The molecule has 1 heterocycles. The largest absolute Gasteiger partial charge is 0.462 e. The second-order valence-corrected chi connectivity index (χ2v) is 8.34. The average Bonchev–Trinajstić information content (AvgIpc) is 3.23. The summed E-state index contributed by atoms with van der Waals surface area (Å²) >= 11 is 5.99. The normalized spacial score (nSPS) is 15.2. The summed E-state index contributed by atoms with van der Waals surface area (Å²) in [6.07, 6.45) is 2.84. The van der Waals surface area contributed by atoms with E-state index in [2.05, 4.69) is 12.2 Å². The van der Waals surface area contributed by atoms with Crippen molar-refractivity contribution < 1.29 is 28.7 Å². The molecule has 1 aliphatic heterocycles. The number of nitrogens with one attached hydrogen (secondary N) is 1. The molecule has 9 heteroatoms. The fraction of sp³-hybridized carbons (Fsp3) is 0.360. The van der Waals surface area contributed by atoms with Gasteiger partial charge < -0.3 is 19.7 Å². The van der Waals surface area contributed by atoms with E-state index in [0.717, 1.165) is 19.3 Å². The molecule has 2 aromatic rings. The Kier molecular flexibility index (Phi) is 9.04. The molecular formula is C25H27ClN2O6. The zero-order valence-electron chi connectivity index (χ0n) is 18.9. The number of halogens is 1. The van der Waals surface area contributed by atoms with E-state index in [9.17, 15) is 19.2 Å². The molecule has 3 rings (SSSR count). The molecule has 0 unspecified atom stereocenters. The van der Waals surface area contributed by atoms with Gasteiger partial charge in [-0.05, 0) is 42.8 Å². The van der Waals surface area contributed by atoms with Crippen LogP contribution >= 0.6 is 11.6 Å². The number of hydrogen-bond donors (Lipinski definition) is 1. The molecule has 180 valence electrons. The lowest BCUT2D eigenvalue weighted by atomic mass is 10.1. The first-order valence-electron chi connectivity index (χ1n) is 11.2. The van der Waals surface area contributed by atoms with Crippen LogP contribution in [0.5, 0.6) is 0 Å². The van der Waals surface area contributed by atoms with E-state index in [1.54, 1.807) is 48.5 Å². The van der Waals surface area contributed by atoms with Gasteiger partial charge in [-0.15, -0.1) is 0 Å². The van der Waals surface area contributed by atoms with E-state index in [-0.39, 0.29) is 18.9 Å². The van der Waals surface area contributed by atoms with Crippen LogP contribution in [0.15, 0.2) is 48.5 Å². The highest BCUT2D eigenvalue weighted by molar-refractivity contribution is 6.33. The van der Waals surface area contributed by atoms with E-state index >= 15 is 0 Å². The first kappa shape index (κ1) is 25.2. The van der Waals surface area contributed by atoms with Gasteiger partial charge >= 0.3 is 11.9 Å². The van der Waals surface area contributed by atoms with Crippen molar-refractivity contribution in [2.24, 2.45) is 5.92 Å². The van der Waals surface area contributed by atoms with Crippen LogP contribution in [0.3, 0.4) is 0 Å². The summed E-state index contributed by atoms with van der Waals surface area (Å²) in [6.45, 7) is 2.09. The number of unbranched alkanes of at least 4 members (excludes halogenated alkanes) is 2. The zero-order valence-corrected chi connectivity index (χ0v) is 19.7. The zero-order chi connectivity index (χ0) is 24.5. The molecule has 1 saturated heterocycles. The van der Waals surface area contributed by atoms with Crippen LogP contribution in [-0.4, -0.2) is 43.5 Å². The van der Waals surface area contributed by atoms with Gasteiger partial charge in [0.1, 0.15) is 0 Å².